The number of carbonyl (C=O) groups excluding carboxylic acids is 2. The second kappa shape index (κ2) is 17.2. The van der Waals surface area contributed by atoms with Crippen molar-refractivity contribution in [1.82, 2.24) is 20.6 Å². The lowest BCUT2D eigenvalue weighted by molar-refractivity contribution is 0.148. The number of aromatic nitrogens is 2. The summed E-state index contributed by atoms with van der Waals surface area (Å²) in [6.45, 7) is 8.40. The predicted molar refractivity (Wildman–Crippen MR) is 164 cm³/mol. The van der Waals surface area contributed by atoms with Gasteiger partial charge < -0.3 is 20.3 Å². The molecule has 1 heterocycles. The maximum Gasteiger partial charge on any atom is 0.407 e. The van der Waals surface area contributed by atoms with Crippen LogP contribution < -0.4 is 26.4 Å². The third kappa shape index (κ3) is 11.8. The van der Waals surface area contributed by atoms with Crippen molar-refractivity contribution in [3.05, 3.63) is 76.2 Å². The molecule has 0 fully saturated rings. The maximum atomic E-state index is 12.0. The van der Waals surface area contributed by atoms with Crippen LogP contribution in [0.25, 0.3) is 0 Å². The first-order valence-electron chi connectivity index (χ1n) is 14.2. The molecule has 0 unspecified atom stereocenters. The average molecular weight is 577 g/mol. The summed E-state index contributed by atoms with van der Waals surface area (Å²) in [6.07, 6.45) is 2.97. The predicted octanol–water partition coefficient (Wildman–Crippen LogP) is 5.74. The third-order valence-electron chi connectivity index (χ3n) is 6.27. The number of aromatic amines is 1. The molecule has 42 heavy (non-hydrogen) atoms. The zero-order valence-corrected chi connectivity index (χ0v) is 24.5. The highest BCUT2D eigenvalue weighted by Crippen LogP contribution is 2.22. The molecule has 0 aliphatic rings. The van der Waals surface area contributed by atoms with E-state index in [0.717, 1.165) is 49.3 Å². The van der Waals surface area contributed by atoms with Crippen molar-refractivity contribution in [3.8, 4) is 0 Å². The Bertz CT molecular complexity index is 1360. The summed E-state index contributed by atoms with van der Waals surface area (Å²) in [5, 5.41) is 16.6. The number of H-pyrrole nitrogens is 1. The number of aryl methyl sites for hydroxylation is 2. The Kier molecular flexibility index (Phi) is 13.0. The minimum Gasteiger partial charge on any atom is -0.448 e. The molecule has 0 bridgehead atoms. The summed E-state index contributed by atoms with van der Waals surface area (Å²) >= 11 is 0. The molecule has 3 amide bonds. The van der Waals surface area contributed by atoms with Crippen LogP contribution in [-0.4, -0.2) is 54.9 Å². The molecular weight excluding hydrogens is 536 g/mol. The highest BCUT2D eigenvalue weighted by Gasteiger charge is 2.07. The van der Waals surface area contributed by atoms with Crippen molar-refractivity contribution >= 4 is 35.1 Å². The van der Waals surface area contributed by atoms with Crippen LogP contribution in [0.3, 0.4) is 0 Å². The molecule has 3 rings (SSSR count). The van der Waals surface area contributed by atoms with Crippen LogP contribution in [0.2, 0.25) is 0 Å². The van der Waals surface area contributed by atoms with Gasteiger partial charge in [0.1, 0.15) is 6.61 Å². The van der Waals surface area contributed by atoms with Gasteiger partial charge in [0.15, 0.2) is 0 Å². The monoisotopic (exact) mass is 576 g/mol. The molecular formula is C30H40N8O4. The van der Waals surface area contributed by atoms with Gasteiger partial charge in [-0.1, -0.05) is 30.5 Å². The molecule has 1 aromatic heterocycles. The molecule has 2 aromatic carbocycles. The van der Waals surface area contributed by atoms with Crippen LogP contribution in [0.4, 0.5) is 32.6 Å². The number of benzene rings is 2. The second-order valence-corrected chi connectivity index (χ2v) is 9.72. The highest BCUT2D eigenvalue weighted by molar-refractivity contribution is 5.87. The summed E-state index contributed by atoms with van der Waals surface area (Å²) in [4.78, 5) is 44.0. The molecule has 3 aromatic rings. The summed E-state index contributed by atoms with van der Waals surface area (Å²) < 4.78 is 5.34. The van der Waals surface area contributed by atoms with E-state index in [2.05, 4.69) is 48.0 Å². The number of urea groups is 1. The van der Waals surface area contributed by atoms with Crippen molar-refractivity contribution in [2.24, 2.45) is 10.2 Å². The fourth-order valence-electron chi connectivity index (χ4n) is 4.01. The molecule has 0 aliphatic carbocycles. The Morgan fingerprint density at radius 2 is 1.52 bits per heavy atom. The molecule has 0 spiro atoms. The van der Waals surface area contributed by atoms with Crippen LogP contribution in [0.15, 0.2) is 69.6 Å². The Balaban J connectivity index is 1.23. The first-order chi connectivity index (χ1) is 20.3. The van der Waals surface area contributed by atoms with Gasteiger partial charge in [0.2, 0.25) is 5.95 Å². The van der Waals surface area contributed by atoms with Crippen molar-refractivity contribution in [3.63, 3.8) is 0 Å². The summed E-state index contributed by atoms with van der Waals surface area (Å²) in [7, 11) is 0. The Labute approximate surface area is 246 Å². The summed E-state index contributed by atoms with van der Waals surface area (Å²) in [5.74, 6) is 0.115. The number of anilines is 2. The lowest BCUT2D eigenvalue weighted by Gasteiger charge is -2.23. The number of nitrogens with one attached hydrogen (secondary N) is 4. The average Bonchev–Trinajstić information content (AvgIpc) is 2.96. The molecule has 0 saturated carbocycles. The van der Waals surface area contributed by atoms with E-state index in [1.54, 1.807) is 6.92 Å². The van der Waals surface area contributed by atoms with Gasteiger partial charge in [0.05, 0.1) is 17.9 Å². The topological polar surface area (TPSA) is 153 Å². The number of ether oxygens (including phenoxy) is 1. The van der Waals surface area contributed by atoms with E-state index in [1.165, 1.54) is 11.6 Å². The van der Waals surface area contributed by atoms with E-state index in [1.807, 2.05) is 55.5 Å². The number of rotatable bonds is 15. The lowest BCUT2D eigenvalue weighted by Crippen LogP contribution is -2.31. The van der Waals surface area contributed by atoms with Gasteiger partial charge in [-0.2, -0.15) is 10.2 Å². The smallest absolute Gasteiger partial charge is 0.407 e. The minimum absolute atomic E-state index is 0.115. The van der Waals surface area contributed by atoms with Gasteiger partial charge in [-0.05, 0) is 70.0 Å². The minimum atomic E-state index is -0.431. The number of nitrogens with zero attached hydrogens (tertiary/aromatic N) is 4. The molecule has 0 saturated heterocycles. The Morgan fingerprint density at radius 3 is 2.14 bits per heavy atom. The van der Waals surface area contributed by atoms with E-state index in [4.69, 9.17) is 4.74 Å². The number of alkyl carbamates (subject to hydrolysis) is 1. The first kappa shape index (κ1) is 31.8. The maximum absolute atomic E-state index is 12.0. The van der Waals surface area contributed by atoms with Crippen LogP contribution >= 0.6 is 0 Å². The molecule has 4 N–H and O–H groups in total. The normalized spacial score (nSPS) is 10.8. The SMILES string of the molecule is CCN(CCOC(=O)NCCCCCCNC(=O)Nc1nc(C)cc(=O)[nH]1)c1ccc(N=Nc2ccc(C)cc2)cc1. The van der Waals surface area contributed by atoms with Gasteiger partial charge >= 0.3 is 12.1 Å². The van der Waals surface area contributed by atoms with Crippen LogP contribution in [0.1, 0.15) is 43.9 Å². The van der Waals surface area contributed by atoms with Gasteiger partial charge in [0, 0.05) is 37.1 Å². The van der Waals surface area contributed by atoms with Crippen LogP contribution in [-0.2, 0) is 4.74 Å². The number of hydrogen-bond donors (Lipinski definition) is 4. The van der Waals surface area contributed by atoms with E-state index < -0.39 is 12.1 Å². The van der Waals surface area contributed by atoms with Gasteiger partial charge in [-0.15, -0.1) is 0 Å². The summed E-state index contributed by atoms with van der Waals surface area (Å²) in [5.41, 5.74) is 3.97. The molecule has 0 radical (unpaired) electrons. The fourth-order valence-corrected chi connectivity index (χ4v) is 4.01. The standard InChI is InChI=1S/C30H40N8O4/c1-4-38(26-15-13-25(14-16-26)37-36-24-11-9-22(2)10-12-24)19-20-42-30(41)32-18-8-6-5-7-17-31-29(40)35-28-33-23(3)21-27(39)34-28/h9-16,21H,4-8,17-20H2,1-3H3,(H,32,41)(H3,31,33,34,35,39,40). The first-order valence-corrected chi connectivity index (χ1v) is 14.2. The molecule has 0 atom stereocenters. The fraction of sp³-hybridized carbons (Fsp3) is 0.400. The molecule has 12 heteroatoms. The number of carbonyl (C=O) groups is 2. The highest BCUT2D eigenvalue weighted by atomic mass is 16.5. The van der Waals surface area contributed by atoms with E-state index >= 15 is 0 Å². The molecule has 0 aliphatic heterocycles. The molecule has 12 nitrogen and oxygen atoms in total. The van der Waals surface area contributed by atoms with E-state index in [-0.39, 0.29) is 18.1 Å². The van der Waals surface area contributed by atoms with Gasteiger partial charge in [0.25, 0.3) is 5.56 Å². The van der Waals surface area contributed by atoms with Gasteiger partial charge in [-0.25, -0.2) is 14.6 Å². The quantitative estimate of drug-likeness (QED) is 0.134. The zero-order chi connectivity index (χ0) is 30.2. The number of unbranched alkanes of at least 4 members (excludes halogenated alkanes) is 3. The number of likely N-dealkylation sites (N-methyl/N-ethyl adjacent to an activating group) is 1. The van der Waals surface area contributed by atoms with Crippen molar-refractivity contribution in [1.29, 1.82) is 0 Å². The Hall–Kier alpha value is -4.74. The summed E-state index contributed by atoms with van der Waals surface area (Å²) in [6, 6.07) is 16.6. The lowest BCUT2D eigenvalue weighted by atomic mass is 10.2. The second-order valence-electron chi connectivity index (χ2n) is 9.72. The number of azo groups is 1. The van der Waals surface area contributed by atoms with Crippen molar-refractivity contribution in [2.45, 2.75) is 46.5 Å². The number of hydrogen-bond acceptors (Lipinski definition) is 8. The van der Waals surface area contributed by atoms with Crippen LogP contribution in [0.5, 0.6) is 0 Å². The van der Waals surface area contributed by atoms with Crippen molar-refractivity contribution in [2.75, 3.05) is 43.0 Å². The van der Waals surface area contributed by atoms with Gasteiger partial charge in [-0.3, -0.25) is 15.1 Å². The van der Waals surface area contributed by atoms with E-state index in [0.29, 0.717) is 25.3 Å². The third-order valence-corrected chi connectivity index (χ3v) is 6.27. The van der Waals surface area contributed by atoms with E-state index in [9.17, 15) is 14.4 Å². The van der Waals surface area contributed by atoms with Crippen LogP contribution in [0, 0.1) is 13.8 Å². The Morgan fingerprint density at radius 1 is 0.905 bits per heavy atom. The number of amides is 3. The van der Waals surface area contributed by atoms with Crippen molar-refractivity contribution < 1.29 is 14.3 Å². The molecule has 224 valence electrons. The zero-order valence-electron chi connectivity index (χ0n) is 24.5. The largest absolute Gasteiger partial charge is 0.448 e.